The highest BCUT2D eigenvalue weighted by molar-refractivity contribution is 5.83. The summed E-state index contributed by atoms with van der Waals surface area (Å²) < 4.78 is 4.86. The number of esters is 1. The van der Waals surface area contributed by atoms with E-state index in [1.54, 1.807) is 6.92 Å². The van der Waals surface area contributed by atoms with Gasteiger partial charge < -0.3 is 4.74 Å². The predicted octanol–water partition coefficient (Wildman–Crippen LogP) is 7.19. The molecule has 0 fully saturated rings. The fraction of sp³-hybridized carbons (Fsp3) is 0.400. The van der Waals surface area contributed by atoms with E-state index in [-0.39, 0.29) is 5.97 Å². The lowest BCUT2D eigenvalue weighted by Crippen LogP contribution is -1.99. The van der Waals surface area contributed by atoms with Gasteiger partial charge in [0.2, 0.25) is 0 Å². The molecule has 0 saturated carbocycles. The van der Waals surface area contributed by atoms with E-state index in [0.717, 1.165) is 44.1 Å². The van der Waals surface area contributed by atoms with Gasteiger partial charge >= 0.3 is 5.97 Å². The second-order valence-electron chi connectivity index (χ2n) is 6.01. The Morgan fingerprint density at radius 1 is 0.741 bits per heavy atom. The van der Waals surface area contributed by atoms with Crippen LogP contribution in [-0.4, -0.2) is 12.6 Å². The molecule has 0 aliphatic heterocycles. The van der Waals surface area contributed by atoms with Gasteiger partial charge in [-0.1, -0.05) is 79.8 Å². The zero-order valence-electron chi connectivity index (χ0n) is 17.3. The number of ether oxygens (including phenoxy) is 1. The fourth-order valence-corrected chi connectivity index (χ4v) is 2.09. The quantitative estimate of drug-likeness (QED) is 0.107. The molecular formula is C25H36O2. The molecular weight excluding hydrogens is 332 g/mol. The van der Waals surface area contributed by atoms with Gasteiger partial charge in [0.25, 0.3) is 0 Å². The van der Waals surface area contributed by atoms with E-state index in [1.165, 1.54) is 6.08 Å². The summed E-state index contributed by atoms with van der Waals surface area (Å²) in [5.41, 5.74) is 0.886. The van der Waals surface area contributed by atoms with Crippen LogP contribution in [0.15, 0.2) is 84.6 Å². The number of carbonyl (C=O) groups excluding carboxylic acids is 1. The highest BCUT2D eigenvalue weighted by atomic mass is 16.5. The van der Waals surface area contributed by atoms with Crippen molar-refractivity contribution in [3.8, 4) is 0 Å². The number of allylic oxidation sites excluding steroid dienone is 13. The summed E-state index contributed by atoms with van der Waals surface area (Å²) >= 11 is 0. The van der Waals surface area contributed by atoms with Crippen LogP contribution in [0, 0.1) is 0 Å². The Labute approximate surface area is 166 Å². The monoisotopic (exact) mass is 368 g/mol. The van der Waals surface area contributed by atoms with Crippen molar-refractivity contribution in [3.63, 3.8) is 0 Å². The van der Waals surface area contributed by atoms with E-state index in [4.69, 9.17) is 4.74 Å². The summed E-state index contributed by atoms with van der Waals surface area (Å²) in [5, 5.41) is 0. The standard InChI is InChI=1S/C25H36O2/c1-4-6-7-8-9-10-11-12-13-14-15-16-17-18-19-20-21-22-24(3)23-25(26)27-5-2/h6-7,9-10,12-13,15-16,19-23H,4-5,8,11,14,17-18H2,1-3H3. The summed E-state index contributed by atoms with van der Waals surface area (Å²) in [6, 6.07) is 0. The third-order valence-corrected chi connectivity index (χ3v) is 3.46. The van der Waals surface area contributed by atoms with Crippen LogP contribution in [0.3, 0.4) is 0 Å². The molecule has 27 heavy (non-hydrogen) atoms. The molecule has 0 spiro atoms. The maximum atomic E-state index is 11.3. The number of carbonyl (C=O) groups is 1. The molecule has 0 amide bonds. The molecule has 0 heterocycles. The van der Waals surface area contributed by atoms with Gasteiger partial charge in [0.05, 0.1) is 6.61 Å². The van der Waals surface area contributed by atoms with Crippen LogP contribution in [0.4, 0.5) is 0 Å². The number of hydrogen-bond acceptors (Lipinski definition) is 2. The first-order chi connectivity index (χ1) is 13.2. The van der Waals surface area contributed by atoms with Crippen molar-refractivity contribution in [2.24, 2.45) is 0 Å². The van der Waals surface area contributed by atoms with Gasteiger partial charge in [0.1, 0.15) is 0 Å². The van der Waals surface area contributed by atoms with Crippen molar-refractivity contribution in [1.29, 1.82) is 0 Å². The van der Waals surface area contributed by atoms with Crippen LogP contribution in [0.1, 0.15) is 59.3 Å². The Kier molecular flexibility index (Phi) is 18.2. The van der Waals surface area contributed by atoms with E-state index in [0.29, 0.717) is 6.61 Å². The van der Waals surface area contributed by atoms with Gasteiger partial charge in [-0.3, -0.25) is 0 Å². The smallest absolute Gasteiger partial charge is 0.330 e. The average Bonchev–Trinajstić information content (AvgIpc) is 2.64. The van der Waals surface area contributed by atoms with Crippen molar-refractivity contribution in [3.05, 3.63) is 84.6 Å². The Bertz CT molecular complexity index is 569. The molecule has 0 rings (SSSR count). The van der Waals surface area contributed by atoms with E-state index in [9.17, 15) is 4.79 Å². The number of rotatable bonds is 14. The van der Waals surface area contributed by atoms with Crippen LogP contribution in [0.5, 0.6) is 0 Å². The van der Waals surface area contributed by atoms with Gasteiger partial charge in [-0.15, -0.1) is 0 Å². The van der Waals surface area contributed by atoms with E-state index in [1.807, 2.05) is 25.2 Å². The van der Waals surface area contributed by atoms with Crippen LogP contribution < -0.4 is 0 Å². The minimum atomic E-state index is -0.289. The summed E-state index contributed by atoms with van der Waals surface area (Å²) in [7, 11) is 0. The van der Waals surface area contributed by atoms with Crippen LogP contribution in [-0.2, 0) is 9.53 Å². The minimum absolute atomic E-state index is 0.289. The van der Waals surface area contributed by atoms with E-state index < -0.39 is 0 Å². The Morgan fingerprint density at radius 3 is 1.89 bits per heavy atom. The lowest BCUT2D eigenvalue weighted by atomic mass is 10.2. The molecule has 0 radical (unpaired) electrons. The molecule has 2 heteroatoms. The van der Waals surface area contributed by atoms with Crippen molar-refractivity contribution in [2.45, 2.75) is 59.3 Å². The van der Waals surface area contributed by atoms with E-state index in [2.05, 4.69) is 61.6 Å². The first-order valence-corrected chi connectivity index (χ1v) is 9.98. The molecule has 0 aliphatic rings. The molecule has 0 N–H and O–H groups in total. The lowest BCUT2D eigenvalue weighted by Gasteiger charge is -1.95. The average molecular weight is 369 g/mol. The predicted molar refractivity (Wildman–Crippen MR) is 119 cm³/mol. The molecule has 0 bridgehead atoms. The van der Waals surface area contributed by atoms with Gasteiger partial charge in [0, 0.05) is 6.08 Å². The number of hydrogen-bond donors (Lipinski definition) is 0. The Balaban J connectivity index is 3.75. The number of unbranched alkanes of at least 4 members (excludes halogenated alkanes) is 1. The topological polar surface area (TPSA) is 26.3 Å². The SMILES string of the molecule is CCC=CCC=CCC=CCC=CCCC=CC=CC(C)=CC(=O)OCC. The molecule has 0 saturated heterocycles. The third kappa shape index (κ3) is 19.8. The molecule has 0 aromatic carbocycles. The second-order valence-corrected chi connectivity index (χ2v) is 6.01. The van der Waals surface area contributed by atoms with Crippen molar-refractivity contribution < 1.29 is 9.53 Å². The maximum absolute atomic E-state index is 11.3. The van der Waals surface area contributed by atoms with Crippen LogP contribution in [0.2, 0.25) is 0 Å². The second kappa shape index (κ2) is 20.0. The highest BCUT2D eigenvalue weighted by Gasteiger charge is 1.94. The molecule has 0 unspecified atom stereocenters. The molecule has 0 aliphatic carbocycles. The Morgan fingerprint density at radius 2 is 1.30 bits per heavy atom. The highest BCUT2D eigenvalue weighted by Crippen LogP contribution is 1.99. The van der Waals surface area contributed by atoms with Gasteiger partial charge in [-0.2, -0.15) is 0 Å². The minimum Gasteiger partial charge on any atom is -0.463 e. The third-order valence-electron chi connectivity index (χ3n) is 3.46. The molecule has 0 atom stereocenters. The first-order valence-electron chi connectivity index (χ1n) is 9.98. The largest absolute Gasteiger partial charge is 0.463 e. The molecule has 148 valence electrons. The van der Waals surface area contributed by atoms with Crippen molar-refractivity contribution >= 4 is 5.97 Å². The lowest BCUT2D eigenvalue weighted by molar-refractivity contribution is -0.137. The van der Waals surface area contributed by atoms with E-state index >= 15 is 0 Å². The Hall–Kier alpha value is -2.35. The molecule has 0 aromatic heterocycles. The van der Waals surface area contributed by atoms with Crippen molar-refractivity contribution in [1.82, 2.24) is 0 Å². The summed E-state index contributed by atoms with van der Waals surface area (Å²) in [6.45, 7) is 6.25. The van der Waals surface area contributed by atoms with Crippen LogP contribution in [0.25, 0.3) is 0 Å². The summed E-state index contributed by atoms with van der Waals surface area (Å²) in [6.07, 6.45) is 33.4. The van der Waals surface area contributed by atoms with Crippen molar-refractivity contribution in [2.75, 3.05) is 6.61 Å². The zero-order valence-corrected chi connectivity index (χ0v) is 17.3. The zero-order chi connectivity index (χ0) is 20.0. The molecule has 0 aromatic rings. The van der Waals surface area contributed by atoms with Crippen LogP contribution >= 0.6 is 0 Å². The van der Waals surface area contributed by atoms with Gasteiger partial charge in [0.15, 0.2) is 0 Å². The first kappa shape index (κ1) is 24.7. The fourth-order valence-electron chi connectivity index (χ4n) is 2.09. The van der Waals surface area contributed by atoms with Gasteiger partial charge in [-0.25, -0.2) is 4.79 Å². The van der Waals surface area contributed by atoms with Gasteiger partial charge in [-0.05, 0) is 57.9 Å². The maximum Gasteiger partial charge on any atom is 0.330 e. The normalized spacial score (nSPS) is 13.5. The molecule has 2 nitrogen and oxygen atoms in total. The summed E-state index contributed by atoms with van der Waals surface area (Å²) in [5.74, 6) is -0.289. The summed E-state index contributed by atoms with van der Waals surface area (Å²) in [4.78, 5) is 11.3.